The highest BCUT2D eigenvalue weighted by atomic mass is 19.4. The molecule has 0 aliphatic heterocycles. The van der Waals surface area contributed by atoms with E-state index < -0.39 is 37.3 Å². The molecule has 0 amide bonds. The SMILES string of the molecule is CC(C(=O)O)N(C)C(CCO)C(F)(F)F. The normalized spacial score (nSPS) is 16.5. The van der Waals surface area contributed by atoms with E-state index in [2.05, 4.69) is 0 Å². The van der Waals surface area contributed by atoms with E-state index in [1.807, 2.05) is 0 Å². The Balaban J connectivity index is 4.69. The fraction of sp³-hybridized carbons (Fsp3) is 0.875. The van der Waals surface area contributed by atoms with Gasteiger partial charge in [0, 0.05) is 6.61 Å². The number of likely N-dealkylation sites (N-methyl/N-ethyl adjacent to an activating group) is 1. The van der Waals surface area contributed by atoms with Crippen molar-refractivity contribution >= 4 is 5.97 Å². The first-order valence-electron chi connectivity index (χ1n) is 4.34. The average molecular weight is 229 g/mol. The van der Waals surface area contributed by atoms with E-state index in [0.717, 1.165) is 7.05 Å². The molecule has 90 valence electrons. The molecule has 0 aromatic rings. The van der Waals surface area contributed by atoms with Crippen LogP contribution >= 0.6 is 0 Å². The number of alkyl halides is 3. The highest BCUT2D eigenvalue weighted by Crippen LogP contribution is 2.27. The van der Waals surface area contributed by atoms with E-state index in [0.29, 0.717) is 4.90 Å². The lowest BCUT2D eigenvalue weighted by Crippen LogP contribution is -2.50. The number of aliphatic hydroxyl groups excluding tert-OH is 1. The zero-order valence-electron chi connectivity index (χ0n) is 8.45. The molecule has 4 nitrogen and oxygen atoms in total. The molecule has 2 N–H and O–H groups in total. The van der Waals surface area contributed by atoms with Gasteiger partial charge in [0.2, 0.25) is 0 Å². The number of carboxylic acids is 1. The Kier molecular flexibility index (Phi) is 5.02. The van der Waals surface area contributed by atoms with E-state index in [1.54, 1.807) is 0 Å². The van der Waals surface area contributed by atoms with Crippen molar-refractivity contribution in [3.63, 3.8) is 0 Å². The van der Waals surface area contributed by atoms with Gasteiger partial charge in [0.05, 0.1) is 0 Å². The molecule has 0 saturated heterocycles. The van der Waals surface area contributed by atoms with Crippen molar-refractivity contribution in [2.45, 2.75) is 31.6 Å². The molecule has 2 unspecified atom stereocenters. The van der Waals surface area contributed by atoms with Crippen molar-refractivity contribution in [2.75, 3.05) is 13.7 Å². The molecule has 0 radical (unpaired) electrons. The van der Waals surface area contributed by atoms with Crippen molar-refractivity contribution in [1.29, 1.82) is 0 Å². The van der Waals surface area contributed by atoms with Gasteiger partial charge in [-0.2, -0.15) is 13.2 Å². The Bertz CT molecular complexity index is 220. The van der Waals surface area contributed by atoms with Crippen molar-refractivity contribution in [3.05, 3.63) is 0 Å². The molecule has 0 saturated carbocycles. The third-order valence-electron chi connectivity index (χ3n) is 2.24. The van der Waals surface area contributed by atoms with Crippen molar-refractivity contribution in [3.8, 4) is 0 Å². The largest absolute Gasteiger partial charge is 0.480 e. The molecule has 15 heavy (non-hydrogen) atoms. The number of aliphatic carboxylic acids is 1. The second kappa shape index (κ2) is 5.32. The van der Waals surface area contributed by atoms with Crippen LogP contribution in [0.1, 0.15) is 13.3 Å². The number of carbonyl (C=O) groups is 1. The molecule has 0 aromatic carbocycles. The van der Waals surface area contributed by atoms with Gasteiger partial charge >= 0.3 is 12.1 Å². The molecule has 7 heteroatoms. The van der Waals surface area contributed by atoms with E-state index in [4.69, 9.17) is 10.2 Å². The molecule has 2 atom stereocenters. The molecule has 0 aliphatic carbocycles. The number of rotatable bonds is 5. The monoisotopic (exact) mass is 229 g/mol. The van der Waals surface area contributed by atoms with Crippen molar-refractivity contribution in [2.24, 2.45) is 0 Å². The summed E-state index contributed by atoms with van der Waals surface area (Å²) in [6, 6.07) is -3.18. The summed E-state index contributed by atoms with van der Waals surface area (Å²) in [6.45, 7) is 0.527. The summed E-state index contributed by atoms with van der Waals surface area (Å²) in [5.41, 5.74) is 0. The maximum absolute atomic E-state index is 12.4. The first-order chi connectivity index (χ1) is 6.71. The summed E-state index contributed by atoms with van der Waals surface area (Å²) < 4.78 is 37.3. The van der Waals surface area contributed by atoms with E-state index in [-0.39, 0.29) is 0 Å². The topological polar surface area (TPSA) is 60.8 Å². The maximum Gasteiger partial charge on any atom is 0.404 e. The molecule has 0 rings (SSSR count). The van der Waals surface area contributed by atoms with Gasteiger partial charge in [-0.15, -0.1) is 0 Å². The first kappa shape index (κ1) is 14.2. The lowest BCUT2D eigenvalue weighted by molar-refractivity contribution is -0.191. The third-order valence-corrected chi connectivity index (χ3v) is 2.24. The van der Waals surface area contributed by atoms with Gasteiger partial charge < -0.3 is 10.2 Å². The smallest absolute Gasteiger partial charge is 0.404 e. The Hall–Kier alpha value is -0.820. The minimum atomic E-state index is -4.54. The van der Waals surface area contributed by atoms with Gasteiger partial charge in [-0.1, -0.05) is 0 Å². The number of carboxylic acid groups (broad SMARTS) is 1. The fourth-order valence-electron chi connectivity index (χ4n) is 1.16. The van der Waals surface area contributed by atoms with Crippen LogP contribution < -0.4 is 0 Å². The van der Waals surface area contributed by atoms with Gasteiger partial charge in [0.15, 0.2) is 0 Å². The van der Waals surface area contributed by atoms with E-state index >= 15 is 0 Å². The molecule has 0 spiro atoms. The summed E-state index contributed by atoms with van der Waals surface area (Å²) in [7, 11) is 1.08. The molecule has 0 fully saturated rings. The van der Waals surface area contributed by atoms with Crippen molar-refractivity contribution in [1.82, 2.24) is 4.90 Å². The van der Waals surface area contributed by atoms with Crippen molar-refractivity contribution < 1.29 is 28.2 Å². The lowest BCUT2D eigenvalue weighted by atomic mass is 10.1. The fourth-order valence-corrected chi connectivity index (χ4v) is 1.16. The number of halogens is 3. The second-order valence-corrected chi connectivity index (χ2v) is 3.25. The second-order valence-electron chi connectivity index (χ2n) is 3.25. The van der Waals surface area contributed by atoms with Gasteiger partial charge in [-0.05, 0) is 20.4 Å². The number of nitrogens with zero attached hydrogens (tertiary/aromatic N) is 1. The number of hydrogen-bond acceptors (Lipinski definition) is 3. The maximum atomic E-state index is 12.4. The quantitative estimate of drug-likeness (QED) is 0.728. The first-order valence-corrected chi connectivity index (χ1v) is 4.34. The summed E-state index contributed by atoms with van der Waals surface area (Å²) in [4.78, 5) is 11.2. The standard InChI is InChI=1S/C8H14F3NO3/c1-5(7(14)15)12(2)6(3-4-13)8(9,10)11/h5-6,13H,3-4H2,1-2H3,(H,14,15). The third kappa shape index (κ3) is 4.05. The van der Waals surface area contributed by atoms with Crippen LogP contribution in [0.3, 0.4) is 0 Å². The molecule has 0 heterocycles. The zero-order chi connectivity index (χ0) is 12.2. The molecular formula is C8H14F3NO3. The Labute approximate surface area is 85.3 Å². The summed E-state index contributed by atoms with van der Waals surface area (Å²) in [6.07, 6.45) is -5.07. The number of aliphatic hydroxyl groups is 1. The van der Waals surface area contributed by atoms with Gasteiger partial charge in [-0.25, -0.2) is 0 Å². The van der Waals surface area contributed by atoms with Crippen LogP contribution in [0.2, 0.25) is 0 Å². The predicted molar refractivity (Wildman–Crippen MR) is 46.4 cm³/mol. The van der Waals surface area contributed by atoms with E-state index in [9.17, 15) is 18.0 Å². The molecular weight excluding hydrogens is 215 g/mol. The van der Waals surface area contributed by atoms with Crippen LogP contribution in [-0.4, -0.2) is 53.0 Å². The Morgan fingerprint density at radius 1 is 1.47 bits per heavy atom. The van der Waals surface area contributed by atoms with E-state index in [1.165, 1.54) is 6.92 Å². The molecule has 0 bridgehead atoms. The van der Waals surface area contributed by atoms with Crippen LogP contribution in [0, 0.1) is 0 Å². The minimum Gasteiger partial charge on any atom is -0.480 e. The Morgan fingerprint density at radius 2 is 1.93 bits per heavy atom. The summed E-state index contributed by atoms with van der Waals surface area (Å²) >= 11 is 0. The lowest BCUT2D eigenvalue weighted by Gasteiger charge is -2.31. The number of hydrogen-bond donors (Lipinski definition) is 2. The minimum absolute atomic E-state index is 0.530. The molecule has 0 aromatic heterocycles. The molecule has 0 aliphatic rings. The Morgan fingerprint density at radius 3 is 2.20 bits per heavy atom. The zero-order valence-corrected chi connectivity index (χ0v) is 8.45. The van der Waals surface area contributed by atoms with Crippen LogP contribution in [-0.2, 0) is 4.79 Å². The highest BCUT2D eigenvalue weighted by Gasteiger charge is 2.44. The predicted octanol–water partition coefficient (Wildman–Crippen LogP) is 0.705. The van der Waals surface area contributed by atoms with Gasteiger partial charge in [0.1, 0.15) is 12.1 Å². The highest BCUT2D eigenvalue weighted by molar-refractivity contribution is 5.72. The average Bonchev–Trinajstić information content (AvgIpc) is 2.09. The van der Waals surface area contributed by atoms with Crippen LogP contribution in [0.4, 0.5) is 13.2 Å². The van der Waals surface area contributed by atoms with Crippen LogP contribution in [0.15, 0.2) is 0 Å². The summed E-state index contributed by atoms with van der Waals surface area (Å²) in [5.74, 6) is -1.33. The summed E-state index contributed by atoms with van der Waals surface area (Å²) in [5, 5.41) is 17.1. The van der Waals surface area contributed by atoms with Crippen LogP contribution in [0.25, 0.3) is 0 Å². The van der Waals surface area contributed by atoms with Gasteiger partial charge in [0.25, 0.3) is 0 Å². The van der Waals surface area contributed by atoms with Crippen LogP contribution in [0.5, 0.6) is 0 Å². The van der Waals surface area contributed by atoms with Gasteiger partial charge in [-0.3, -0.25) is 9.69 Å².